The van der Waals surface area contributed by atoms with Crippen molar-refractivity contribution in [3.63, 3.8) is 0 Å². The highest BCUT2D eigenvalue weighted by molar-refractivity contribution is 6.31. The second kappa shape index (κ2) is 3.69. The smallest absolute Gasteiger partial charge is 0.123 e. The molecule has 3 heteroatoms. The quantitative estimate of drug-likeness (QED) is 0.851. The van der Waals surface area contributed by atoms with Crippen molar-refractivity contribution in [2.75, 3.05) is 13.1 Å². The first-order valence-corrected chi connectivity index (χ1v) is 5.87. The zero-order valence-corrected chi connectivity index (χ0v) is 9.26. The SMILES string of the molecule is Clc1ccc(OC2CNC2)cc1C1CC1. The minimum absolute atomic E-state index is 0.346. The molecular weight excluding hydrogens is 210 g/mol. The van der Waals surface area contributed by atoms with Gasteiger partial charge in [0.15, 0.2) is 0 Å². The molecule has 0 spiro atoms. The van der Waals surface area contributed by atoms with Crippen LogP contribution < -0.4 is 10.1 Å². The van der Waals surface area contributed by atoms with Gasteiger partial charge in [0, 0.05) is 18.1 Å². The standard InChI is InChI=1S/C12H14ClNO/c13-12-4-3-9(15-10-6-14-7-10)5-11(12)8-1-2-8/h3-5,8,10,14H,1-2,6-7H2. The summed E-state index contributed by atoms with van der Waals surface area (Å²) in [5.74, 6) is 1.65. The number of halogens is 1. The molecular formula is C12H14ClNO. The van der Waals surface area contributed by atoms with Gasteiger partial charge < -0.3 is 10.1 Å². The Bertz CT molecular complexity index is 372. The predicted octanol–water partition coefficient (Wildman–Crippen LogP) is 2.57. The Kier molecular flexibility index (Phi) is 2.33. The number of ether oxygens (including phenoxy) is 1. The molecule has 1 heterocycles. The predicted molar refractivity (Wildman–Crippen MR) is 60.7 cm³/mol. The van der Waals surface area contributed by atoms with Crippen molar-refractivity contribution in [3.05, 3.63) is 28.8 Å². The number of benzene rings is 1. The molecule has 1 saturated carbocycles. The molecule has 15 heavy (non-hydrogen) atoms. The molecule has 1 aliphatic heterocycles. The van der Waals surface area contributed by atoms with Gasteiger partial charge in [-0.05, 0) is 42.5 Å². The first kappa shape index (κ1) is 9.49. The maximum absolute atomic E-state index is 6.15. The summed E-state index contributed by atoms with van der Waals surface area (Å²) in [5.41, 5.74) is 1.27. The lowest BCUT2D eigenvalue weighted by Crippen LogP contribution is -2.50. The van der Waals surface area contributed by atoms with E-state index in [-0.39, 0.29) is 0 Å². The van der Waals surface area contributed by atoms with Gasteiger partial charge in [-0.15, -0.1) is 0 Å². The van der Waals surface area contributed by atoms with Gasteiger partial charge in [0.1, 0.15) is 11.9 Å². The fraction of sp³-hybridized carbons (Fsp3) is 0.500. The maximum Gasteiger partial charge on any atom is 0.123 e. The van der Waals surface area contributed by atoms with Crippen molar-refractivity contribution in [2.24, 2.45) is 0 Å². The van der Waals surface area contributed by atoms with Crippen molar-refractivity contribution in [2.45, 2.75) is 24.9 Å². The molecule has 1 N–H and O–H groups in total. The van der Waals surface area contributed by atoms with Gasteiger partial charge in [0.2, 0.25) is 0 Å². The number of rotatable bonds is 3. The van der Waals surface area contributed by atoms with E-state index in [1.165, 1.54) is 18.4 Å². The van der Waals surface area contributed by atoms with Gasteiger partial charge in [-0.1, -0.05) is 11.6 Å². The summed E-state index contributed by atoms with van der Waals surface area (Å²) in [5, 5.41) is 4.08. The Morgan fingerprint density at radius 1 is 1.27 bits per heavy atom. The normalized spacial score (nSPS) is 21.1. The topological polar surface area (TPSA) is 21.3 Å². The summed E-state index contributed by atoms with van der Waals surface area (Å²) >= 11 is 6.15. The maximum atomic E-state index is 6.15. The van der Waals surface area contributed by atoms with Crippen LogP contribution in [0.25, 0.3) is 0 Å². The second-order valence-electron chi connectivity index (χ2n) is 4.36. The Hall–Kier alpha value is -0.730. The van der Waals surface area contributed by atoms with Crippen molar-refractivity contribution in [1.29, 1.82) is 0 Å². The Morgan fingerprint density at radius 3 is 2.67 bits per heavy atom. The molecule has 0 radical (unpaired) electrons. The Labute approximate surface area is 94.6 Å². The van der Waals surface area contributed by atoms with E-state index in [0.717, 1.165) is 23.9 Å². The molecule has 0 amide bonds. The van der Waals surface area contributed by atoms with E-state index in [0.29, 0.717) is 12.0 Å². The summed E-state index contributed by atoms with van der Waals surface area (Å²) in [4.78, 5) is 0. The largest absolute Gasteiger partial charge is 0.488 e. The average Bonchev–Trinajstić information content (AvgIpc) is 2.97. The van der Waals surface area contributed by atoms with Gasteiger partial charge >= 0.3 is 0 Å². The molecule has 0 unspecified atom stereocenters. The van der Waals surface area contributed by atoms with Crippen molar-refractivity contribution in [1.82, 2.24) is 5.32 Å². The van der Waals surface area contributed by atoms with Gasteiger partial charge in [0.25, 0.3) is 0 Å². The molecule has 80 valence electrons. The minimum Gasteiger partial charge on any atom is -0.488 e. The monoisotopic (exact) mass is 223 g/mol. The van der Waals surface area contributed by atoms with Crippen molar-refractivity contribution >= 4 is 11.6 Å². The van der Waals surface area contributed by atoms with E-state index in [4.69, 9.17) is 16.3 Å². The van der Waals surface area contributed by atoms with Gasteiger partial charge in [0.05, 0.1) is 0 Å². The third kappa shape index (κ3) is 1.97. The van der Waals surface area contributed by atoms with E-state index >= 15 is 0 Å². The Morgan fingerprint density at radius 2 is 2.07 bits per heavy atom. The highest BCUT2D eigenvalue weighted by Crippen LogP contribution is 2.44. The molecule has 2 aliphatic rings. The minimum atomic E-state index is 0.346. The zero-order valence-electron chi connectivity index (χ0n) is 8.50. The summed E-state index contributed by atoms with van der Waals surface area (Å²) in [6, 6.07) is 6.03. The van der Waals surface area contributed by atoms with Crippen LogP contribution in [-0.4, -0.2) is 19.2 Å². The molecule has 1 aromatic carbocycles. The molecule has 2 nitrogen and oxygen atoms in total. The van der Waals surface area contributed by atoms with Gasteiger partial charge in [-0.3, -0.25) is 0 Å². The van der Waals surface area contributed by atoms with Crippen LogP contribution in [-0.2, 0) is 0 Å². The van der Waals surface area contributed by atoms with E-state index in [9.17, 15) is 0 Å². The van der Waals surface area contributed by atoms with Crippen LogP contribution in [0.4, 0.5) is 0 Å². The molecule has 0 aromatic heterocycles. The van der Waals surface area contributed by atoms with Crippen LogP contribution in [0.15, 0.2) is 18.2 Å². The third-order valence-corrected chi connectivity index (χ3v) is 3.38. The van der Waals surface area contributed by atoms with E-state index in [1.807, 2.05) is 12.1 Å². The molecule has 1 aromatic rings. The molecule has 0 bridgehead atoms. The summed E-state index contributed by atoms with van der Waals surface area (Å²) in [7, 11) is 0. The molecule has 0 atom stereocenters. The van der Waals surface area contributed by atoms with E-state index in [2.05, 4.69) is 11.4 Å². The van der Waals surface area contributed by atoms with Crippen LogP contribution in [0.5, 0.6) is 5.75 Å². The molecule has 2 fully saturated rings. The number of hydrogen-bond acceptors (Lipinski definition) is 2. The second-order valence-corrected chi connectivity index (χ2v) is 4.76. The lowest BCUT2D eigenvalue weighted by atomic mass is 10.1. The number of nitrogens with one attached hydrogen (secondary N) is 1. The fourth-order valence-electron chi connectivity index (χ4n) is 1.84. The van der Waals surface area contributed by atoms with Crippen LogP contribution in [0.1, 0.15) is 24.3 Å². The summed E-state index contributed by atoms with van der Waals surface area (Å²) in [6.07, 6.45) is 2.89. The highest BCUT2D eigenvalue weighted by atomic mass is 35.5. The summed E-state index contributed by atoms with van der Waals surface area (Å²) in [6.45, 7) is 1.92. The third-order valence-electron chi connectivity index (χ3n) is 3.03. The zero-order chi connectivity index (χ0) is 10.3. The van der Waals surface area contributed by atoms with Crippen molar-refractivity contribution in [3.8, 4) is 5.75 Å². The summed E-state index contributed by atoms with van der Waals surface area (Å²) < 4.78 is 5.80. The van der Waals surface area contributed by atoms with Crippen LogP contribution in [0, 0.1) is 0 Å². The first-order chi connectivity index (χ1) is 7.33. The molecule has 3 rings (SSSR count). The van der Waals surface area contributed by atoms with Crippen molar-refractivity contribution < 1.29 is 4.74 Å². The van der Waals surface area contributed by atoms with Gasteiger partial charge in [-0.25, -0.2) is 0 Å². The lowest BCUT2D eigenvalue weighted by molar-refractivity contribution is 0.142. The molecule has 1 aliphatic carbocycles. The van der Waals surface area contributed by atoms with E-state index < -0.39 is 0 Å². The lowest BCUT2D eigenvalue weighted by Gasteiger charge is -2.28. The molecule has 1 saturated heterocycles. The first-order valence-electron chi connectivity index (χ1n) is 5.50. The van der Waals surface area contributed by atoms with Crippen LogP contribution in [0.2, 0.25) is 5.02 Å². The van der Waals surface area contributed by atoms with Crippen LogP contribution in [0.3, 0.4) is 0 Å². The fourth-order valence-corrected chi connectivity index (χ4v) is 2.11. The average molecular weight is 224 g/mol. The van der Waals surface area contributed by atoms with E-state index in [1.54, 1.807) is 0 Å². The Balaban J connectivity index is 1.78. The van der Waals surface area contributed by atoms with Gasteiger partial charge in [-0.2, -0.15) is 0 Å². The number of hydrogen-bond donors (Lipinski definition) is 1. The van der Waals surface area contributed by atoms with Crippen LogP contribution >= 0.6 is 11.6 Å². The highest BCUT2D eigenvalue weighted by Gasteiger charge is 2.26.